The van der Waals surface area contributed by atoms with Gasteiger partial charge in [0.05, 0.1) is 0 Å². The van der Waals surface area contributed by atoms with Gasteiger partial charge in [-0.3, -0.25) is 10.1 Å². The Balaban J connectivity index is 1.93. The summed E-state index contributed by atoms with van der Waals surface area (Å²) < 4.78 is 0. The molecule has 1 fully saturated rings. The first kappa shape index (κ1) is 13.2. The van der Waals surface area contributed by atoms with Gasteiger partial charge in [-0.15, -0.1) is 0 Å². The summed E-state index contributed by atoms with van der Waals surface area (Å²) in [6.07, 6.45) is 12.8. The van der Waals surface area contributed by atoms with Crippen LogP contribution in [0.4, 0.5) is 5.82 Å². The van der Waals surface area contributed by atoms with E-state index >= 15 is 0 Å². The summed E-state index contributed by atoms with van der Waals surface area (Å²) in [5.41, 5.74) is 9.41. The van der Waals surface area contributed by atoms with Crippen LogP contribution in [0.15, 0.2) is 24.5 Å². The van der Waals surface area contributed by atoms with Gasteiger partial charge in [0, 0.05) is 35.1 Å². The van der Waals surface area contributed by atoms with Crippen LogP contribution in [0.5, 0.6) is 0 Å². The van der Waals surface area contributed by atoms with Crippen LogP contribution >= 0.6 is 0 Å². The highest BCUT2D eigenvalue weighted by Gasteiger charge is 2.22. The summed E-state index contributed by atoms with van der Waals surface area (Å²) in [6, 6.07) is 4.00. The van der Waals surface area contributed by atoms with Crippen LogP contribution in [0.2, 0.25) is 0 Å². The van der Waals surface area contributed by atoms with Crippen LogP contribution in [0.1, 0.15) is 56.6 Å². The average Bonchev–Trinajstić information content (AvgIpc) is 2.81. The third kappa shape index (κ3) is 2.69. The fraction of sp³-hybridized carbons (Fsp3) is 0.500. The predicted octanol–water partition coefficient (Wildman–Crippen LogP) is 3.88. The second-order valence-corrected chi connectivity index (χ2v) is 5.68. The van der Waals surface area contributed by atoms with E-state index in [1.165, 1.54) is 50.6 Å². The zero-order valence-electron chi connectivity index (χ0n) is 11.8. The van der Waals surface area contributed by atoms with E-state index in [-0.39, 0.29) is 0 Å². The number of nitrogens with zero attached hydrogens (tertiary/aromatic N) is 2. The Morgan fingerprint density at radius 1 is 1.10 bits per heavy atom. The summed E-state index contributed by atoms with van der Waals surface area (Å²) in [6.45, 7) is 0. The number of anilines is 1. The normalized spacial score (nSPS) is 17.6. The van der Waals surface area contributed by atoms with E-state index in [1.54, 1.807) is 6.20 Å². The maximum atomic E-state index is 6.08. The quantitative estimate of drug-likeness (QED) is 0.870. The molecule has 0 amide bonds. The molecular weight excluding hydrogens is 248 g/mol. The van der Waals surface area contributed by atoms with Crippen LogP contribution in [0.3, 0.4) is 0 Å². The molecule has 106 valence electrons. The van der Waals surface area contributed by atoms with Crippen LogP contribution < -0.4 is 5.73 Å². The molecule has 0 atom stereocenters. The van der Waals surface area contributed by atoms with Crippen LogP contribution in [0.25, 0.3) is 11.1 Å². The molecule has 0 unspecified atom stereocenters. The zero-order chi connectivity index (χ0) is 13.8. The first-order chi connectivity index (χ1) is 9.86. The van der Waals surface area contributed by atoms with E-state index < -0.39 is 0 Å². The molecule has 0 saturated heterocycles. The number of nitrogens with two attached hydrogens (primary N) is 1. The fourth-order valence-electron chi connectivity index (χ4n) is 3.22. The van der Waals surface area contributed by atoms with Gasteiger partial charge in [0.1, 0.15) is 0 Å². The first-order valence-electron chi connectivity index (χ1n) is 7.60. The molecule has 4 nitrogen and oxygen atoms in total. The molecule has 2 aromatic heterocycles. The standard InChI is InChI=1S/C16H22N4/c17-16-14(13-9-6-10-18-11-13)15(19-20-16)12-7-4-2-1-3-5-8-12/h6,9-12H,1-5,7-8H2,(H3,17,19,20). The number of hydrogen-bond acceptors (Lipinski definition) is 3. The lowest BCUT2D eigenvalue weighted by molar-refractivity contribution is 0.449. The first-order valence-corrected chi connectivity index (χ1v) is 7.60. The monoisotopic (exact) mass is 270 g/mol. The molecule has 0 aliphatic heterocycles. The van der Waals surface area contributed by atoms with Crippen molar-refractivity contribution >= 4 is 5.82 Å². The van der Waals surface area contributed by atoms with Gasteiger partial charge in [-0.2, -0.15) is 5.10 Å². The van der Waals surface area contributed by atoms with Crippen molar-refractivity contribution in [2.75, 3.05) is 5.73 Å². The van der Waals surface area contributed by atoms with Gasteiger partial charge >= 0.3 is 0 Å². The lowest BCUT2D eigenvalue weighted by Gasteiger charge is -2.19. The third-order valence-electron chi connectivity index (χ3n) is 4.29. The second-order valence-electron chi connectivity index (χ2n) is 5.68. The van der Waals surface area contributed by atoms with Gasteiger partial charge in [-0.1, -0.05) is 38.2 Å². The van der Waals surface area contributed by atoms with E-state index in [0.29, 0.717) is 11.7 Å². The number of H-pyrrole nitrogens is 1. The minimum Gasteiger partial charge on any atom is -0.382 e. The van der Waals surface area contributed by atoms with E-state index in [4.69, 9.17) is 5.73 Å². The molecule has 3 rings (SSSR count). The SMILES string of the molecule is Nc1n[nH]c(C2CCCCCCC2)c1-c1cccnc1. The van der Waals surface area contributed by atoms with Crippen molar-refractivity contribution in [3.05, 3.63) is 30.2 Å². The molecule has 0 bridgehead atoms. The number of nitrogen functional groups attached to an aromatic ring is 1. The van der Waals surface area contributed by atoms with Gasteiger partial charge in [0.2, 0.25) is 0 Å². The Labute approximate surface area is 119 Å². The zero-order valence-corrected chi connectivity index (χ0v) is 11.8. The minimum absolute atomic E-state index is 0.551. The fourth-order valence-corrected chi connectivity index (χ4v) is 3.22. The predicted molar refractivity (Wildman–Crippen MR) is 81.3 cm³/mol. The van der Waals surface area contributed by atoms with Crippen LogP contribution in [0, 0.1) is 0 Å². The molecule has 2 heterocycles. The van der Waals surface area contributed by atoms with Crippen molar-refractivity contribution in [1.82, 2.24) is 15.2 Å². The number of nitrogens with one attached hydrogen (secondary N) is 1. The molecule has 1 aliphatic rings. The van der Waals surface area contributed by atoms with E-state index in [9.17, 15) is 0 Å². The Kier molecular flexibility index (Phi) is 4.00. The molecule has 1 saturated carbocycles. The Morgan fingerprint density at radius 2 is 1.85 bits per heavy atom. The number of aromatic amines is 1. The summed E-state index contributed by atoms with van der Waals surface area (Å²) in [5, 5.41) is 7.43. The lowest BCUT2D eigenvalue weighted by Crippen LogP contribution is -2.04. The van der Waals surface area contributed by atoms with Gasteiger partial charge in [-0.05, 0) is 18.9 Å². The number of hydrogen-bond donors (Lipinski definition) is 2. The largest absolute Gasteiger partial charge is 0.382 e. The van der Waals surface area contributed by atoms with Crippen LogP contribution in [-0.2, 0) is 0 Å². The van der Waals surface area contributed by atoms with Gasteiger partial charge in [0.15, 0.2) is 5.82 Å². The van der Waals surface area contributed by atoms with Gasteiger partial charge < -0.3 is 5.73 Å². The Morgan fingerprint density at radius 3 is 2.55 bits per heavy atom. The summed E-state index contributed by atoms with van der Waals surface area (Å²) in [4.78, 5) is 4.20. The third-order valence-corrected chi connectivity index (χ3v) is 4.29. The van der Waals surface area contributed by atoms with Crippen molar-refractivity contribution in [3.63, 3.8) is 0 Å². The van der Waals surface area contributed by atoms with Crippen molar-refractivity contribution in [3.8, 4) is 11.1 Å². The van der Waals surface area contributed by atoms with Crippen molar-refractivity contribution in [1.29, 1.82) is 0 Å². The highest BCUT2D eigenvalue weighted by molar-refractivity contribution is 5.76. The molecule has 0 radical (unpaired) electrons. The molecule has 2 aromatic rings. The average molecular weight is 270 g/mol. The van der Waals surface area contributed by atoms with Crippen molar-refractivity contribution < 1.29 is 0 Å². The molecule has 0 aromatic carbocycles. The molecule has 1 aliphatic carbocycles. The number of aromatic nitrogens is 3. The lowest BCUT2D eigenvalue weighted by atomic mass is 9.86. The van der Waals surface area contributed by atoms with Crippen molar-refractivity contribution in [2.24, 2.45) is 0 Å². The Hall–Kier alpha value is -1.84. The summed E-state index contributed by atoms with van der Waals surface area (Å²) in [5.74, 6) is 1.14. The summed E-state index contributed by atoms with van der Waals surface area (Å²) >= 11 is 0. The van der Waals surface area contributed by atoms with Crippen LogP contribution in [-0.4, -0.2) is 15.2 Å². The summed E-state index contributed by atoms with van der Waals surface area (Å²) in [7, 11) is 0. The maximum absolute atomic E-state index is 6.08. The number of rotatable bonds is 2. The van der Waals surface area contributed by atoms with Gasteiger partial charge in [0.25, 0.3) is 0 Å². The molecule has 20 heavy (non-hydrogen) atoms. The van der Waals surface area contributed by atoms with E-state index in [2.05, 4.69) is 21.2 Å². The topological polar surface area (TPSA) is 67.6 Å². The van der Waals surface area contributed by atoms with Crippen molar-refractivity contribution in [2.45, 2.75) is 50.9 Å². The highest BCUT2D eigenvalue weighted by atomic mass is 15.2. The molecule has 4 heteroatoms. The minimum atomic E-state index is 0.551. The maximum Gasteiger partial charge on any atom is 0.153 e. The van der Waals surface area contributed by atoms with E-state index in [0.717, 1.165) is 11.1 Å². The highest BCUT2D eigenvalue weighted by Crippen LogP contribution is 2.37. The smallest absolute Gasteiger partial charge is 0.153 e. The number of pyridine rings is 1. The second kappa shape index (κ2) is 6.07. The molecule has 3 N–H and O–H groups in total. The molecule has 0 spiro atoms. The van der Waals surface area contributed by atoms with E-state index in [1.807, 2.05) is 12.3 Å². The van der Waals surface area contributed by atoms with Gasteiger partial charge in [-0.25, -0.2) is 0 Å². The Bertz CT molecular complexity index is 539. The molecular formula is C16H22N4.